The third kappa shape index (κ3) is 9.76. The second kappa shape index (κ2) is 18.9. The highest BCUT2D eigenvalue weighted by Gasteiger charge is 2.57. The van der Waals surface area contributed by atoms with E-state index in [1.54, 1.807) is 13.1 Å². The van der Waals surface area contributed by atoms with Gasteiger partial charge in [-0.1, -0.05) is 19.8 Å². The quantitative estimate of drug-likeness (QED) is 0.0590. The van der Waals surface area contributed by atoms with Gasteiger partial charge < -0.3 is 64.7 Å². The van der Waals surface area contributed by atoms with E-state index in [1.807, 2.05) is 20.8 Å². The summed E-state index contributed by atoms with van der Waals surface area (Å²) in [6, 6.07) is -0.209. The smallest absolute Gasteiger partial charge is 0.288 e. The number of aliphatic hydroxyl groups is 7. The zero-order valence-corrected chi connectivity index (χ0v) is 29.3. The zero-order valence-electron chi connectivity index (χ0n) is 29.3. The molecule has 0 saturated carbocycles. The van der Waals surface area contributed by atoms with E-state index in [4.69, 9.17) is 23.7 Å². The zero-order chi connectivity index (χ0) is 35.8. The fourth-order valence-electron chi connectivity index (χ4n) is 7.89. The molecule has 284 valence electrons. The summed E-state index contributed by atoms with van der Waals surface area (Å²) in [7, 11) is 0. The molecule has 49 heavy (non-hydrogen) atoms. The van der Waals surface area contributed by atoms with Crippen LogP contribution in [-0.4, -0.2) is 154 Å². The van der Waals surface area contributed by atoms with Crippen molar-refractivity contribution in [2.45, 2.75) is 152 Å². The van der Waals surface area contributed by atoms with Gasteiger partial charge in [-0.25, -0.2) is 4.99 Å². The summed E-state index contributed by atoms with van der Waals surface area (Å²) in [5.74, 6) is -2.29. The van der Waals surface area contributed by atoms with Crippen LogP contribution in [-0.2, 0) is 28.5 Å². The first-order valence-electron chi connectivity index (χ1n) is 18.1. The van der Waals surface area contributed by atoms with E-state index < -0.39 is 104 Å². The summed E-state index contributed by atoms with van der Waals surface area (Å²) < 4.78 is 30.2. The minimum atomic E-state index is -1.25. The molecule has 0 aromatic rings. The highest BCUT2D eigenvalue weighted by molar-refractivity contribution is 5.80. The Hall–Kier alpha value is -1.34. The van der Waals surface area contributed by atoms with Crippen molar-refractivity contribution in [2.24, 2.45) is 23.7 Å². The van der Waals surface area contributed by atoms with Crippen LogP contribution in [0.4, 0.5) is 0 Å². The summed E-state index contributed by atoms with van der Waals surface area (Å²) in [6.45, 7) is 6.47. The number of carbonyl (C=O) groups excluding carboxylic acids is 1. The number of carbonyl (C=O) groups is 1. The third-order valence-corrected chi connectivity index (χ3v) is 10.7. The molecule has 15 nitrogen and oxygen atoms in total. The highest BCUT2D eigenvalue weighted by atomic mass is 16.7. The number of amides is 1. The number of hydrogen-bond donors (Lipinski definition) is 9. The van der Waals surface area contributed by atoms with Gasteiger partial charge in [0, 0.05) is 49.7 Å². The molecule has 1 amide bonds. The van der Waals surface area contributed by atoms with Gasteiger partial charge in [-0.05, 0) is 39.5 Å². The first kappa shape index (κ1) is 40.4. The molecule has 0 spiro atoms. The first-order chi connectivity index (χ1) is 23.4. The van der Waals surface area contributed by atoms with Gasteiger partial charge in [0.05, 0.1) is 50.3 Å². The number of rotatable bonds is 16. The minimum Gasteiger partial charge on any atom is -0.394 e. The van der Waals surface area contributed by atoms with Gasteiger partial charge in [-0.2, -0.15) is 0 Å². The normalized spacial score (nSPS) is 41.8. The number of unbranched alkanes of at least 4 members (excludes halogenated alkanes) is 3. The average Bonchev–Trinajstić information content (AvgIpc) is 3.08. The van der Waals surface area contributed by atoms with E-state index in [-0.39, 0.29) is 37.4 Å². The van der Waals surface area contributed by atoms with Crippen molar-refractivity contribution in [1.82, 2.24) is 5.32 Å². The maximum absolute atomic E-state index is 12.4. The summed E-state index contributed by atoms with van der Waals surface area (Å²) >= 11 is 0. The predicted molar refractivity (Wildman–Crippen MR) is 174 cm³/mol. The van der Waals surface area contributed by atoms with Crippen LogP contribution in [0.1, 0.15) is 72.6 Å². The van der Waals surface area contributed by atoms with Crippen LogP contribution in [0.15, 0.2) is 0 Å². The van der Waals surface area contributed by atoms with Crippen molar-refractivity contribution in [1.29, 1.82) is 0 Å². The topological polar surface area (TPSA) is 231 Å². The molecule has 16 unspecified atom stereocenters. The molecule has 0 radical (unpaired) electrons. The lowest BCUT2D eigenvalue weighted by atomic mass is 9.71. The maximum Gasteiger partial charge on any atom is 0.288 e. The molecule has 4 aliphatic heterocycles. The van der Waals surface area contributed by atoms with Crippen molar-refractivity contribution in [3.05, 3.63) is 0 Å². The number of fused-ring (bicyclic) bond motifs is 2. The summed E-state index contributed by atoms with van der Waals surface area (Å²) in [5, 5.41) is 76.8. The van der Waals surface area contributed by atoms with Crippen LogP contribution >= 0.6 is 0 Å². The standard InChI is InChI=1S/C34H60N2O13/c1-5-35-22(32(44)36-17(2)3)10-8-6-7-9-11-45-34-29(42)20-12-21-28(41)19(13-23-18(4)27(40)30(43)25(15-38)46-23)24(14-37)47-33(21)49-31(20)26(16-39)48-34/h5,17-31,33-34,37-43H,6-16H2,1-4H3,(H,36,44)/p+1. The Morgan fingerprint density at radius 2 is 1.53 bits per heavy atom. The molecule has 4 aliphatic rings. The lowest BCUT2D eigenvalue weighted by Crippen LogP contribution is -2.80. The van der Waals surface area contributed by atoms with Crippen molar-refractivity contribution in [3.8, 4) is 0 Å². The SMILES string of the molecule is CC=[NH+]C(CCCCCCOC1OC(CO)C2OC3OC(CO)C(CC4OC(CO)C(O)C(O)C4C)C(O)C3CC2C1O)C(=O)NC(C)C. The van der Waals surface area contributed by atoms with E-state index in [0.717, 1.165) is 19.3 Å². The molecule has 15 heteroatoms. The highest BCUT2D eigenvalue weighted by Crippen LogP contribution is 2.47. The lowest BCUT2D eigenvalue weighted by molar-refractivity contribution is -0.484. The first-order valence-corrected chi connectivity index (χ1v) is 18.1. The third-order valence-electron chi connectivity index (χ3n) is 10.7. The summed E-state index contributed by atoms with van der Waals surface area (Å²) in [6.07, 6.45) is -4.18. The van der Waals surface area contributed by atoms with Crippen LogP contribution in [0, 0.1) is 23.7 Å². The molecule has 0 aliphatic carbocycles. The van der Waals surface area contributed by atoms with Crippen molar-refractivity contribution < 1.29 is 69.2 Å². The van der Waals surface area contributed by atoms with Crippen molar-refractivity contribution in [3.63, 3.8) is 0 Å². The van der Waals surface area contributed by atoms with Gasteiger partial charge in [-0.3, -0.25) is 4.79 Å². The Morgan fingerprint density at radius 3 is 2.18 bits per heavy atom. The van der Waals surface area contributed by atoms with Crippen LogP contribution in [0.25, 0.3) is 0 Å². The number of nitrogens with one attached hydrogen (secondary N) is 2. The molecule has 16 atom stereocenters. The van der Waals surface area contributed by atoms with E-state index in [1.165, 1.54) is 0 Å². The Balaban J connectivity index is 1.31. The number of hydrogen-bond acceptors (Lipinski definition) is 13. The predicted octanol–water partition coefficient (Wildman–Crippen LogP) is -2.68. The largest absolute Gasteiger partial charge is 0.394 e. The van der Waals surface area contributed by atoms with E-state index in [2.05, 4.69) is 10.3 Å². The molecule has 0 bridgehead atoms. The van der Waals surface area contributed by atoms with E-state index >= 15 is 0 Å². The fourth-order valence-corrected chi connectivity index (χ4v) is 7.89. The van der Waals surface area contributed by atoms with Gasteiger partial charge in [0.2, 0.25) is 6.04 Å². The second-order valence-electron chi connectivity index (χ2n) is 14.5. The van der Waals surface area contributed by atoms with Crippen LogP contribution in [0.2, 0.25) is 0 Å². The van der Waals surface area contributed by atoms with Gasteiger partial charge in [0.15, 0.2) is 12.6 Å². The van der Waals surface area contributed by atoms with Crippen LogP contribution < -0.4 is 10.3 Å². The lowest BCUT2D eigenvalue weighted by Gasteiger charge is -2.55. The van der Waals surface area contributed by atoms with Crippen LogP contribution in [0.5, 0.6) is 0 Å². The molecule has 0 aromatic carbocycles. The maximum atomic E-state index is 12.4. The Morgan fingerprint density at radius 1 is 0.837 bits per heavy atom. The molecule has 4 rings (SSSR count). The second-order valence-corrected chi connectivity index (χ2v) is 14.5. The monoisotopic (exact) mass is 705 g/mol. The van der Waals surface area contributed by atoms with Gasteiger partial charge in [-0.15, -0.1) is 0 Å². The van der Waals surface area contributed by atoms with Crippen LogP contribution in [0.3, 0.4) is 0 Å². The van der Waals surface area contributed by atoms with Gasteiger partial charge in [0.1, 0.15) is 30.6 Å². The molecular weight excluding hydrogens is 644 g/mol. The summed E-state index contributed by atoms with van der Waals surface area (Å²) in [4.78, 5) is 15.5. The van der Waals surface area contributed by atoms with Gasteiger partial charge in [0.25, 0.3) is 5.91 Å². The summed E-state index contributed by atoms with van der Waals surface area (Å²) in [5.41, 5.74) is 0. The Kier molecular flexibility index (Phi) is 15.6. The Bertz CT molecular complexity index is 1040. The molecule has 4 saturated heterocycles. The molecular formula is C34H61N2O13+. The van der Waals surface area contributed by atoms with E-state index in [9.17, 15) is 40.5 Å². The average molecular weight is 706 g/mol. The number of aliphatic hydroxyl groups excluding tert-OH is 7. The van der Waals surface area contributed by atoms with Gasteiger partial charge >= 0.3 is 0 Å². The minimum absolute atomic E-state index is 0.0183. The molecule has 4 fully saturated rings. The molecule has 9 N–H and O–H groups in total. The van der Waals surface area contributed by atoms with Crippen molar-refractivity contribution >= 4 is 12.1 Å². The van der Waals surface area contributed by atoms with E-state index in [0.29, 0.717) is 19.4 Å². The Labute approximate surface area is 288 Å². The van der Waals surface area contributed by atoms with Crippen molar-refractivity contribution in [2.75, 3.05) is 26.4 Å². The molecule has 4 heterocycles. The molecule has 0 aromatic heterocycles. The number of ether oxygens (including phenoxy) is 5. The fraction of sp³-hybridized carbons (Fsp3) is 0.941.